The topological polar surface area (TPSA) is 76.5 Å². The fraction of sp³-hybridized carbons (Fsp3) is 0.382. The summed E-state index contributed by atoms with van der Waals surface area (Å²) in [6.45, 7) is 9.58. The molecular weight excluding hydrogens is 602 g/mol. The third-order valence-electron chi connectivity index (χ3n) is 8.18. The van der Waals surface area contributed by atoms with E-state index in [1.54, 1.807) is 48.5 Å². The van der Waals surface area contributed by atoms with Crippen LogP contribution in [-0.2, 0) is 16.1 Å². The largest absolute Gasteiger partial charge is 0.465 e. The molecule has 1 aliphatic heterocycles. The van der Waals surface area contributed by atoms with Crippen molar-refractivity contribution in [1.29, 1.82) is 0 Å². The number of anilines is 1. The molecule has 0 spiro atoms. The van der Waals surface area contributed by atoms with Crippen molar-refractivity contribution in [3.63, 3.8) is 0 Å². The summed E-state index contributed by atoms with van der Waals surface area (Å²) in [6.07, 6.45) is 1.26. The summed E-state index contributed by atoms with van der Waals surface area (Å²) < 4.78 is 22.6. The van der Waals surface area contributed by atoms with Crippen LogP contribution in [-0.4, -0.2) is 52.1 Å². The molecule has 3 atom stereocenters. The molecule has 1 amide bonds. The number of benzene rings is 3. The number of aromatic nitrogens is 2. The quantitative estimate of drug-likeness (QED) is 0.199. The number of carbonyl (C=O) groups excluding carboxylic acids is 2. The molecule has 2 unspecified atom stereocenters. The van der Waals surface area contributed by atoms with Gasteiger partial charge in [-0.3, -0.25) is 9.69 Å². The Morgan fingerprint density at radius 2 is 1.84 bits per heavy atom. The van der Waals surface area contributed by atoms with E-state index in [2.05, 4.69) is 35.6 Å². The molecule has 0 radical (unpaired) electrons. The van der Waals surface area contributed by atoms with Gasteiger partial charge in [0, 0.05) is 35.8 Å². The van der Waals surface area contributed by atoms with Crippen molar-refractivity contribution >= 4 is 51.8 Å². The highest BCUT2D eigenvalue weighted by Crippen LogP contribution is 2.43. The van der Waals surface area contributed by atoms with Gasteiger partial charge in [-0.05, 0) is 73.2 Å². The number of methoxy groups -OCH3 is 1. The monoisotopic (exact) mass is 638 g/mol. The lowest BCUT2D eigenvalue weighted by Crippen LogP contribution is -2.48. The highest BCUT2D eigenvalue weighted by atomic mass is 35.5. The number of likely N-dealkylation sites (tertiary alicyclic amines) is 1. The van der Waals surface area contributed by atoms with Crippen LogP contribution < -0.4 is 5.32 Å². The number of nitrogens with zero attached hydrogens (tertiary/aromatic N) is 3. The molecule has 10 heteroatoms. The van der Waals surface area contributed by atoms with Gasteiger partial charge < -0.3 is 14.6 Å². The Morgan fingerprint density at radius 1 is 1.09 bits per heavy atom. The molecular formula is C34H37Cl2FN4O3. The molecule has 0 saturated carbocycles. The highest BCUT2D eigenvalue weighted by Gasteiger charge is 2.47. The zero-order valence-electron chi connectivity index (χ0n) is 25.5. The standard InChI is InChI=1S/C34H37Cl2FN4O3/c1-20-38-28-16-21(33(43)44-5)12-13-29(28)40(20)15-14-24-18-26(25-10-7-11-27(36)30(25)37)31(41(24)19-34(2,3)4)32(42)39-23-9-6-8-22(35)17-23/h6-13,16-17,24,26,31H,14-15,18-19H2,1-5H3,(H,39,42)/t24-,26?,31?/m0/s1. The van der Waals surface area contributed by atoms with Crippen LogP contribution in [0.1, 0.15) is 61.3 Å². The summed E-state index contributed by atoms with van der Waals surface area (Å²) in [7, 11) is 1.35. The number of ether oxygens (including phenoxy) is 1. The van der Waals surface area contributed by atoms with Crippen LogP contribution >= 0.6 is 23.2 Å². The number of hydrogen-bond acceptors (Lipinski definition) is 5. The van der Waals surface area contributed by atoms with Gasteiger partial charge in [0.2, 0.25) is 5.91 Å². The number of carbonyl (C=O) groups is 2. The van der Waals surface area contributed by atoms with E-state index >= 15 is 4.39 Å². The first-order valence-electron chi connectivity index (χ1n) is 14.7. The second-order valence-corrected chi connectivity index (χ2v) is 13.5. The van der Waals surface area contributed by atoms with Crippen LogP contribution in [0.15, 0.2) is 60.7 Å². The SMILES string of the molecule is COC(=O)c1ccc2c(c1)nc(C)n2CC[C@H]1CC(c2cccc(Cl)c2F)C(C(=O)Nc2cccc(Cl)c2)N1CC(C)(C)C. The first kappa shape index (κ1) is 31.9. The Labute approximate surface area is 267 Å². The molecule has 1 aromatic heterocycles. The number of imidazole rings is 1. The number of rotatable bonds is 8. The molecule has 1 aliphatic rings. The van der Waals surface area contributed by atoms with Gasteiger partial charge in [0.25, 0.3) is 0 Å². The van der Waals surface area contributed by atoms with Gasteiger partial charge in [-0.25, -0.2) is 14.2 Å². The molecule has 44 heavy (non-hydrogen) atoms. The van der Waals surface area contributed by atoms with E-state index in [4.69, 9.17) is 32.9 Å². The Bertz CT molecular complexity index is 1700. The molecule has 1 fully saturated rings. The fourth-order valence-corrected chi connectivity index (χ4v) is 6.72. The second kappa shape index (κ2) is 12.9. The van der Waals surface area contributed by atoms with Crippen molar-refractivity contribution in [2.75, 3.05) is 19.0 Å². The third-order valence-corrected chi connectivity index (χ3v) is 8.71. The third kappa shape index (κ3) is 6.77. The summed E-state index contributed by atoms with van der Waals surface area (Å²) >= 11 is 12.5. The molecule has 3 aromatic carbocycles. The molecule has 5 rings (SSSR count). The van der Waals surface area contributed by atoms with E-state index in [1.165, 1.54) is 13.2 Å². The predicted octanol–water partition coefficient (Wildman–Crippen LogP) is 7.88. The summed E-state index contributed by atoms with van der Waals surface area (Å²) in [4.78, 5) is 33.1. The minimum atomic E-state index is -0.644. The lowest BCUT2D eigenvalue weighted by atomic mass is 9.89. The minimum Gasteiger partial charge on any atom is -0.465 e. The van der Waals surface area contributed by atoms with Crippen molar-refractivity contribution < 1.29 is 18.7 Å². The van der Waals surface area contributed by atoms with Crippen LogP contribution in [0, 0.1) is 18.2 Å². The van der Waals surface area contributed by atoms with E-state index in [0.29, 0.717) is 53.3 Å². The van der Waals surface area contributed by atoms with Gasteiger partial charge in [-0.2, -0.15) is 0 Å². The van der Waals surface area contributed by atoms with E-state index in [-0.39, 0.29) is 22.4 Å². The Morgan fingerprint density at radius 3 is 2.55 bits per heavy atom. The van der Waals surface area contributed by atoms with Crippen LogP contribution in [0.2, 0.25) is 10.0 Å². The smallest absolute Gasteiger partial charge is 0.337 e. The number of fused-ring (bicyclic) bond motifs is 1. The summed E-state index contributed by atoms with van der Waals surface area (Å²) in [5.41, 5.74) is 2.93. The number of aryl methyl sites for hydroxylation is 2. The molecule has 232 valence electrons. The lowest BCUT2D eigenvalue weighted by molar-refractivity contribution is -0.121. The van der Waals surface area contributed by atoms with Crippen LogP contribution in [0.4, 0.5) is 10.1 Å². The number of halogens is 3. The lowest BCUT2D eigenvalue weighted by Gasteiger charge is -2.36. The van der Waals surface area contributed by atoms with Crippen molar-refractivity contribution in [3.05, 3.63) is 93.5 Å². The van der Waals surface area contributed by atoms with Gasteiger partial charge >= 0.3 is 5.97 Å². The zero-order chi connectivity index (χ0) is 31.8. The summed E-state index contributed by atoms with van der Waals surface area (Å²) in [6, 6.07) is 16.7. The molecule has 4 aromatic rings. The Hall–Kier alpha value is -3.46. The van der Waals surface area contributed by atoms with E-state index in [0.717, 1.165) is 11.3 Å². The maximum absolute atomic E-state index is 15.6. The van der Waals surface area contributed by atoms with Gasteiger partial charge in [0.1, 0.15) is 11.6 Å². The minimum absolute atomic E-state index is 0.0363. The van der Waals surface area contributed by atoms with Gasteiger partial charge in [0.15, 0.2) is 0 Å². The molecule has 0 aliphatic carbocycles. The van der Waals surface area contributed by atoms with Crippen LogP contribution in [0.25, 0.3) is 11.0 Å². The fourth-order valence-electron chi connectivity index (χ4n) is 6.35. The average molecular weight is 640 g/mol. The van der Waals surface area contributed by atoms with Crippen LogP contribution in [0.5, 0.6) is 0 Å². The number of esters is 1. The molecule has 2 heterocycles. The Balaban J connectivity index is 1.50. The van der Waals surface area contributed by atoms with Crippen molar-refractivity contribution in [2.45, 2.75) is 65.1 Å². The Kier molecular flexibility index (Phi) is 9.35. The maximum atomic E-state index is 15.6. The van der Waals surface area contributed by atoms with Gasteiger partial charge in [-0.15, -0.1) is 0 Å². The second-order valence-electron chi connectivity index (χ2n) is 12.6. The molecule has 1 N–H and O–H groups in total. The number of amides is 1. The first-order valence-corrected chi connectivity index (χ1v) is 15.4. The normalized spacial score (nSPS) is 19.0. The van der Waals surface area contributed by atoms with Crippen molar-refractivity contribution in [3.8, 4) is 0 Å². The van der Waals surface area contributed by atoms with E-state index < -0.39 is 23.7 Å². The highest BCUT2D eigenvalue weighted by molar-refractivity contribution is 6.31. The summed E-state index contributed by atoms with van der Waals surface area (Å²) in [5, 5.41) is 3.59. The van der Waals surface area contributed by atoms with E-state index in [1.807, 2.05) is 13.0 Å². The van der Waals surface area contributed by atoms with Crippen LogP contribution in [0.3, 0.4) is 0 Å². The molecule has 7 nitrogen and oxygen atoms in total. The number of nitrogens with one attached hydrogen (secondary N) is 1. The average Bonchev–Trinajstić information content (AvgIpc) is 3.47. The molecule has 1 saturated heterocycles. The van der Waals surface area contributed by atoms with Crippen molar-refractivity contribution in [1.82, 2.24) is 14.5 Å². The van der Waals surface area contributed by atoms with Gasteiger partial charge in [0.05, 0.1) is 34.8 Å². The van der Waals surface area contributed by atoms with Gasteiger partial charge in [-0.1, -0.05) is 62.2 Å². The first-order chi connectivity index (χ1) is 20.9. The molecule has 0 bridgehead atoms. The van der Waals surface area contributed by atoms with Crippen molar-refractivity contribution in [2.24, 2.45) is 5.41 Å². The summed E-state index contributed by atoms with van der Waals surface area (Å²) in [5.74, 6) is -0.736. The maximum Gasteiger partial charge on any atom is 0.337 e. The predicted molar refractivity (Wildman–Crippen MR) is 173 cm³/mol. The zero-order valence-corrected chi connectivity index (χ0v) is 27.0. The number of hydrogen-bond donors (Lipinski definition) is 1. The van der Waals surface area contributed by atoms with E-state index in [9.17, 15) is 9.59 Å².